The maximum Gasteiger partial charge on any atom is 0.229 e. The van der Waals surface area contributed by atoms with E-state index in [2.05, 4.69) is 60.6 Å². The van der Waals surface area contributed by atoms with Crippen LogP contribution < -0.4 is 20.7 Å². The summed E-state index contributed by atoms with van der Waals surface area (Å²) in [7, 11) is 1.33. The summed E-state index contributed by atoms with van der Waals surface area (Å²) in [6.45, 7) is 5.45. The highest BCUT2D eigenvalue weighted by Crippen LogP contribution is 2.39. The number of anilines is 4. The number of likely N-dealkylation sites (N-methyl/N-ethyl adjacent to an activating group) is 1. The predicted octanol–water partition coefficient (Wildman–Crippen LogP) is 4.97. The molecule has 0 bridgehead atoms. The van der Waals surface area contributed by atoms with E-state index in [4.69, 9.17) is 4.74 Å². The van der Waals surface area contributed by atoms with Crippen LogP contribution in [0, 0.1) is 0 Å². The van der Waals surface area contributed by atoms with Crippen LogP contribution in [0.3, 0.4) is 0 Å². The van der Waals surface area contributed by atoms with E-state index in [1.54, 1.807) is 26.6 Å². The Bertz CT molecular complexity index is 1200. The minimum atomic E-state index is -2.46. The third-order valence-electron chi connectivity index (χ3n) is 5.45. The quantitative estimate of drug-likeness (QED) is 0.448. The first kappa shape index (κ1) is 22.8. The molecule has 7 nitrogen and oxygen atoms in total. The van der Waals surface area contributed by atoms with E-state index in [9.17, 15) is 4.57 Å². The molecule has 0 atom stereocenters. The Hall–Kier alpha value is -2.41. The zero-order valence-corrected chi connectivity index (χ0v) is 21.1. The number of ether oxygens (including phenoxy) is 1. The standard InChI is InChI=1S/C23H27BrN5O2P/c1-29-10-9-15-12-20(31-2)19(11-16(15)14-29)27-23-25-13-17(24)22(28-23)26-18-7-5-6-8-21(18)32(3,4)30/h5-8,11-13H,9-10,14H2,1-4H3,(H2,25,26,27,28). The predicted molar refractivity (Wildman–Crippen MR) is 135 cm³/mol. The van der Waals surface area contributed by atoms with Crippen molar-refractivity contribution in [3.05, 3.63) is 58.2 Å². The molecule has 32 heavy (non-hydrogen) atoms. The zero-order valence-electron chi connectivity index (χ0n) is 18.6. The molecule has 0 spiro atoms. The van der Waals surface area contributed by atoms with Crippen LogP contribution in [0.1, 0.15) is 11.1 Å². The molecular formula is C23H27BrN5O2P. The van der Waals surface area contributed by atoms with Crippen LogP contribution in [0.25, 0.3) is 0 Å². The fraction of sp³-hybridized carbons (Fsp3) is 0.304. The number of nitrogens with one attached hydrogen (secondary N) is 2. The maximum atomic E-state index is 12.7. The minimum absolute atomic E-state index is 0.437. The Morgan fingerprint density at radius 1 is 1.12 bits per heavy atom. The third kappa shape index (κ3) is 4.98. The van der Waals surface area contributed by atoms with Gasteiger partial charge in [-0.25, -0.2) is 4.98 Å². The normalized spacial score (nSPS) is 14.0. The molecule has 168 valence electrons. The summed E-state index contributed by atoms with van der Waals surface area (Å²) in [5.74, 6) is 1.78. The highest BCUT2D eigenvalue weighted by molar-refractivity contribution is 9.10. The number of benzene rings is 2. The second-order valence-corrected chi connectivity index (χ2v) is 12.4. The average Bonchev–Trinajstić information content (AvgIpc) is 2.75. The van der Waals surface area contributed by atoms with Crippen LogP contribution in [0.4, 0.5) is 23.1 Å². The van der Waals surface area contributed by atoms with Gasteiger partial charge >= 0.3 is 0 Å². The fourth-order valence-electron chi connectivity index (χ4n) is 3.81. The molecular weight excluding hydrogens is 489 g/mol. The van der Waals surface area contributed by atoms with Crippen molar-refractivity contribution in [3.8, 4) is 5.75 Å². The van der Waals surface area contributed by atoms with Gasteiger partial charge in [0.15, 0.2) is 0 Å². The first-order valence-corrected chi connectivity index (χ1v) is 13.7. The Kier molecular flexibility index (Phi) is 6.56. The van der Waals surface area contributed by atoms with Gasteiger partial charge in [-0.15, -0.1) is 0 Å². The van der Waals surface area contributed by atoms with Gasteiger partial charge in [0, 0.05) is 24.6 Å². The fourth-order valence-corrected chi connectivity index (χ4v) is 5.25. The number of nitrogens with zero attached hydrogens (tertiary/aromatic N) is 3. The molecule has 4 rings (SSSR count). The molecule has 0 amide bonds. The molecule has 2 N–H and O–H groups in total. The molecule has 0 unspecified atom stereocenters. The third-order valence-corrected chi connectivity index (χ3v) is 7.58. The monoisotopic (exact) mass is 515 g/mol. The van der Waals surface area contributed by atoms with Gasteiger partial charge < -0.3 is 24.8 Å². The van der Waals surface area contributed by atoms with Crippen molar-refractivity contribution in [1.82, 2.24) is 14.9 Å². The average molecular weight is 516 g/mol. The van der Waals surface area contributed by atoms with Gasteiger partial charge in [-0.3, -0.25) is 0 Å². The molecule has 2 heterocycles. The van der Waals surface area contributed by atoms with Crippen LogP contribution in [0.15, 0.2) is 47.1 Å². The second kappa shape index (κ2) is 9.22. The number of para-hydroxylation sites is 1. The summed E-state index contributed by atoms with van der Waals surface area (Å²) in [4.78, 5) is 11.4. The number of halogens is 1. The molecule has 2 aromatic carbocycles. The highest BCUT2D eigenvalue weighted by atomic mass is 79.9. The SMILES string of the molecule is COc1cc2c(cc1Nc1ncc(Br)c(Nc3ccccc3P(C)(C)=O)n1)CN(C)CC2. The topological polar surface area (TPSA) is 79.4 Å². The Morgan fingerprint density at radius 3 is 2.66 bits per heavy atom. The van der Waals surface area contributed by atoms with Gasteiger partial charge in [0.25, 0.3) is 0 Å². The lowest BCUT2D eigenvalue weighted by Gasteiger charge is -2.26. The minimum Gasteiger partial charge on any atom is -0.495 e. The molecule has 3 aromatic rings. The smallest absolute Gasteiger partial charge is 0.229 e. The van der Waals surface area contributed by atoms with Crippen molar-refractivity contribution in [2.45, 2.75) is 13.0 Å². The Balaban J connectivity index is 1.65. The zero-order chi connectivity index (χ0) is 22.9. The summed E-state index contributed by atoms with van der Waals surface area (Å²) in [5, 5.41) is 7.39. The Morgan fingerprint density at radius 2 is 1.91 bits per heavy atom. The molecule has 1 aliphatic heterocycles. The van der Waals surface area contributed by atoms with Crippen molar-refractivity contribution in [2.75, 3.05) is 44.7 Å². The van der Waals surface area contributed by atoms with Crippen LogP contribution in [0.2, 0.25) is 0 Å². The summed E-state index contributed by atoms with van der Waals surface area (Å²) in [6.07, 6.45) is 2.69. The van der Waals surface area contributed by atoms with E-state index in [1.165, 1.54) is 11.1 Å². The molecule has 1 aliphatic rings. The van der Waals surface area contributed by atoms with Crippen molar-refractivity contribution < 1.29 is 9.30 Å². The van der Waals surface area contributed by atoms with Crippen molar-refractivity contribution >= 4 is 51.5 Å². The largest absolute Gasteiger partial charge is 0.495 e. The number of methoxy groups -OCH3 is 1. The number of hydrogen-bond donors (Lipinski definition) is 2. The van der Waals surface area contributed by atoms with Crippen molar-refractivity contribution in [3.63, 3.8) is 0 Å². The van der Waals surface area contributed by atoms with Gasteiger partial charge in [0.05, 0.1) is 23.0 Å². The van der Waals surface area contributed by atoms with E-state index in [-0.39, 0.29) is 0 Å². The number of aromatic nitrogens is 2. The summed E-state index contributed by atoms with van der Waals surface area (Å²) in [5.41, 5.74) is 4.17. The molecule has 0 saturated carbocycles. The summed E-state index contributed by atoms with van der Waals surface area (Å²) in [6, 6.07) is 11.8. The van der Waals surface area contributed by atoms with E-state index in [0.29, 0.717) is 16.2 Å². The summed E-state index contributed by atoms with van der Waals surface area (Å²) < 4.78 is 19.1. The second-order valence-electron chi connectivity index (χ2n) is 8.32. The number of fused-ring (bicyclic) bond motifs is 1. The lowest BCUT2D eigenvalue weighted by Crippen LogP contribution is -2.26. The highest BCUT2D eigenvalue weighted by Gasteiger charge is 2.19. The number of rotatable bonds is 6. The molecule has 0 saturated heterocycles. The molecule has 0 aliphatic carbocycles. The lowest BCUT2D eigenvalue weighted by atomic mass is 9.99. The first-order valence-electron chi connectivity index (χ1n) is 10.3. The van der Waals surface area contributed by atoms with Gasteiger partial charge in [-0.2, -0.15) is 4.98 Å². The maximum absolute atomic E-state index is 12.7. The van der Waals surface area contributed by atoms with Gasteiger partial charge in [-0.1, -0.05) is 12.1 Å². The van der Waals surface area contributed by atoms with Crippen LogP contribution in [-0.4, -0.2) is 48.9 Å². The van der Waals surface area contributed by atoms with E-state index >= 15 is 0 Å². The first-order chi connectivity index (χ1) is 15.2. The van der Waals surface area contributed by atoms with Crippen molar-refractivity contribution in [2.24, 2.45) is 0 Å². The van der Waals surface area contributed by atoms with E-state index in [0.717, 1.165) is 41.9 Å². The Labute approximate surface area is 197 Å². The van der Waals surface area contributed by atoms with Crippen molar-refractivity contribution in [1.29, 1.82) is 0 Å². The van der Waals surface area contributed by atoms with Gasteiger partial charge in [-0.05, 0) is 78.1 Å². The van der Waals surface area contributed by atoms with E-state index < -0.39 is 7.14 Å². The van der Waals surface area contributed by atoms with Gasteiger partial charge in [0.2, 0.25) is 5.95 Å². The summed E-state index contributed by atoms with van der Waals surface area (Å²) >= 11 is 3.52. The number of hydrogen-bond acceptors (Lipinski definition) is 7. The van der Waals surface area contributed by atoms with Gasteiger partial charge in [0.1, 0.15) is 18.7 Å². The van der Waals surface area contributed by atoms with Crippen LogP contribution in [0.5, 0.6) is 5.75 Å². The van der Waals surface area contributed by atoms with E-state index in [1.807, 2.05) is 24.3 Å². The molecule has 0 radical (unpaired) electrons. The molecule has 9 heteroatoms. The molecule has 0 fully saturated rings. The molecule has 1 aromatic heterocycles. The lowest BCUT2D eigenvalue weighted by molar-refractivity contribution is 0.312. The van der Waals surface area contributed by atoms with Crippen LogP contribution >= 0.6 is 23.1 Å². The van der Waals surface area contributed by atoms with Crippen LogP contribution in [-0.2, 0) is 17.5 Å².